The van der Waals surface area contributed by atoms with E-state index in [4.69, 9.17) is 4.98 Å². The third-order valence-electron chi connectivity index (χ3n) is 6.73. The summed E-state index contributed by atoms with van der Waals surface area (Å²) in [5.41, 5.74) is 5.07. The van der Waals surface area contributed by atoms with Crippen molar-refractivity contribution in [2.75, 3.05) is 31.1 Å². The molecule has 3 heterocycles. The Kier molecular flexibility index (Phi) is 6.75. The van der Waals surface area contributed by atoms with Crippen molar-refractivity contribution in [1.82, 2.24) is 24.6 Å². The third kappa shape index (κ3) is 4.98. The smallest absolute Gasteiger partial charge is 0.230 e. The number of nitrogens with zero attached hydrogens (tertiary/aromatic N) is 6. The van der Waals surface area contributed by atoms with Crippen molar-refractivity contribution in [3.63, 3.8) is 0 Å². The normalized spacial score (nSPS) is 13.8. The molecule has 0 spiro atoms. The lowest BCUT2D eigenvalue weighted by Crippen LogP contribution is -2.49. The number of amides is 1. The molecule has 7 nitrogen and oxygen atoms in total. The van der Waals surface area contributed by atoms with Crippen LogP contribution in [0.5, 0.6) is 0 Å². The summed E-state index contributed by atoms with van der Waals surface area (Å²) in [4.78, 5) is 22.2. The molecule has 1 aliphatic rings. The molecule has 5 rings (SSSR count). The van der Waals surface area contributed by atoms with Crippen LogP contribution in [-0.4, -0.2) is 56.7 Å². The maximum absolute atomic E-state index is 13.6. The highest BCUT2D eigenvalue weighted by Crippen LogP contribution is 2.25. The number of rotatable bonds is 6. The number of anilines is 1. The van der Waals surface area contributed by atoms with E-state index in [9.17, 15) is 9.18 Å². The molecular formula is C28H29FN6O. The Hall–Kier alpha value is -4.07. The number of halogens is 1. The number of benzene rings is 2. The average molecular weight is 485 g/mol. The van der Waals surface area contributed by atoms with Crippen molar-refractivity contribution < 1.29 is 9.18 Å². The number of imidazole rings is 1. The zero-order chi connectivity index (χ0) is 25.1. The predicted octanol–water partition coefficient (Wildman–Crippen LogP) is 4.23. The molecule has 0 saturated carbocycles. The number of hydrogen-bond acceptors (Lipinski definition) is 5. The van der Waals surface area contributed by atoms with Crippen LogP contribution >= 0.6 is 0 Å². The monoisotopic (exact) mass is 484 g/mol. The van der Waals surface area contributed by atoms with Crippen molar-refractivity contribution in [3.8, 4) is 16.9 Å². The molecule has 184 valence electrons. The van der Waals surface area contributed by atoms with Crippen LogP contribution in [0.2, 0.25) is 0 Å². The summed E-state index contributed by atoms with van der Waals surface area (Å²) in [5, 5.41) is 8.12. The van der Waals surface area contributed by atoms with Crippen LogP contribution in [0, 0.1) is 12.7 Å². The minimum Gasteiger partial charge on any atom is -0.352 e. The van der Waals surface area contributed by atoms with Gasteiger partial charge in [-0.2, -0.15) is 5.10 Å². The van der Waals surface area contributed by atoms with E-state index in [-0.39, 0.29) is 18.1 Å². The number of carbonyl (C=O) groups excluding carboxylic acids is 1. The SMILES string of the molecule is CCc1ccc(-c2cn(-c3ccc(F)cc3)c(CC(=O)N3CCN(c4cccnn4)CC3)n2)cc1C. The fourth-order valence-electron chi connectivity index (χ4n) is 4.65. The maximum atomic E-state index is 13.6. The molecule has 1 saturated heterocycles. The average Bonchev–Trinajstić information content (AvgIpc) is 3.33. The van der Waals surface area contributed by atoms with Gasteiger partial charge in [-0.05, 0) is 66.9 Å². The summed E-state index contributed by atoms with van der Waals surface area (Å²) in [6, 6.07) is 16.4. The maximum Gasteiger partial charge on any atom is 0.230 e. The van der Waals surface area contributed by atoms with E-state index in [1.54, 1.807) is 18.3 Å². The molecule has 8 heteroatoms. The minimum atomic E-state index is -0.302. The molecule has 0 bridgehead atoms. The quantitative estimate of drug-likeness (QED) is 0.410. The van der Waals surface area contributed by atoms with Crippen LogP contribution in [0.4, 0.5) is 10.2 Å². The van der Waals surface area contributed by atoms with Gasteiger partial charge in [0.2, 0.25) is 5.91 Å². The summed E-state index contributed by atoms with van der Waals surface area (Å²) in [6.45, 7) is 6.86. The Morgan fingerprint density at radius 3 is 2.47 bits per heavy atom. The van der Waals surface area contributed by atoms with Crippen molar-refractivity contribution >= 4 is 11.7 Å². The van der Waals surface area contributed by atoms with Crippen LogP contribution in [0.25, 0.3) is 16.9 Å². The molecule has 2 aromatic heterocycles. The van der Waals surface area contributed by atoms with E-state index < -0.39 is 0 Å². The van der Waals surface area contributed by atoms with Gasteiger partial charge in [-0.25, -0.2) is 9.37 Å². The van der Waals surface area contributed by atoms with Gasteiger partial charge in [-0.3, -0.25) is 4.79 Å². The second-order valence-electron chi connectivity index (χ2n) is 9.01. The number of aryl methyl sites for hydroxylation is 2. The molecule has 1 amide bonds. The summed E-state index contributed by atoms with van der Waals surface area (Å²) in [6.07, 6.45) is 4.72. The highest BCUT2D eigenvalue weighted by Gasteiger charge is 2.24. The topological polar surface area (TPSA) is 67.2 Å². The van der Waals surface area contributed by atoms with Crippen LogP contribution in [0.15, 0.2) is 67.0 Å². The van der Waals surface area contributed by atoms with E-state index in [1.807, 2.05) is 27.8 Å². The van der Waals surface area contributed by atoms with Crippen molar-refractivity contribution in [2.24, 2.45) is 0 Å². The van der Waals surface area contributed by atoms with Gasteiger partial charge in [0, 0.05) is 49.8 Å². The van der Waals surface area contributed by atoms with Gasteiger partial charge in [0.15, 0.2) is 5.82 Å². The molecule has 2 aromatic carbocycles. The van der Waals surface area contributed by atoms with Crippen LogP contribution in [-0.2, 0) is 17.6 Å². The molecule has 4 aromatic rings. The zero-order valence-electron chi connectivity index (χ0n) is 20.6. The molecule has 1 fully saturated rings. The van der Waals surface area contributed by atoms with Crippen molar-refractivity contribution in [2.45, 2.75) is 26.7 Å². The number of hydrogen-bond donors (Lipinski definition) is 0. The molecule has 36 heavy (non-hydrogen) atoms. The summed E-state index contributed by atoms with van der Waals surface area (Å²) in [7, 11) is 0. The summed E-state index contributed by atoms with van der Waals surface area (Å²) >= 11 is 0. The van der Waals surface area contributed by atoms with Gasteiger partial charge in [-0.1, -0.05) is 19.1 Å². The second kappa shape index (κ2) is 10.3. The minimum absolute atomic E-state index is 0.0202. The number of aromatic nitrogens is 4. The highest BCUT2D eigenvalue weighted by molar-refractivity contribution is 5.79. The summed E-state index contributed by atoms with van der Waals surface area (Å²) in [5.74, 6) is 1.18. The largest absolute Gasteiger partial charge is 0.352 e. The van der Waals surface area contributed by atoms with Gasteiger partial charge >= 0.3 is 0 Å². The van der Waals surface area contributed by atoms with E-state index in [1.165, 1.54) is 23.3 Å². The lowest BCUT2D eigenvalue weighted by atomic mass is 10.0. The van der Waals surface area contributed by atoms with E-state index in [0.29, 0.717) is 32.0 Å². The number of piperazine rings is 1. The van der Waals surface area contributed by atoms with Crippen LogP contribution in [0.3, 0.4) is 0 Å². The first-order valence-corrected chi connectivity index (χ1v) is 12.3. The van der Waals surface area contributed by atoms with Crippen molar-refractivity contribution in [3.05, 3.63) is 89.8 Å². The molecule has 0 aliphatic carbocycles. The van der Waals surface area contributed by atoms with Crippen molar-refractivity contribution in [1.29, 1.82) is 0 Å². The first-order valence-electron chi connectivity index (χ1n) is 12.3. The predicted molar refractivity (Wildman–Crippen MR) is 138 cm³/mol. The lowest BCUT2D eigenvalue weighted by molar-refractivity contribution is -0.130. The van der Waals surface area contributed by atoms with Crippen LogP contribution < -0.4 is 4.90 Å². The van der Waals surface area contributed by atoms with Gasteiger partial charge in [-0.15, -0.1) is 5.10 Å². The number of carbonyl (C=O) groups is 1. The highest BCUT2D eigenvalue weighted by atomic mass is 19.1. The molecule has 0 atom stereocenters. The Labute approximate surface area is 210 Å². The van der Waals surface area contributed by atoms with Gasteiger partial charge in [0.1, 0.15) is 11.6 Å². The molecule has 0 radical (unpaired) electrons. The Bertz CT molecular complexity index is 1340. The fourth-order valence-corrected chi connectivity index (χ4v) is 4.65. The van der Waals surface area contributed by atoms with Gasteiger partial charge in [0.25, 0.3) is 0 Å². The zero-order valence-corrected chi connectivity index (χ0v) is 20.6. The molecular weight excluding hydrogens is 455 g/mol. The first-order chi connectivity index (χ1) is 17.5. The molecule has 1 aliphatic heterocycles. The van der Waals surface area contributed by atoms with Gasteiger partial charge in [0.05, 0.1) is 12.1 Å². The van der Waals surface area contributed by atoms with E-state index in [0.717, 1.165) is 29.2 Å². The second-order valence-corrected chi connectivity index (χ2v) is 9.01. The van der Waals surface area contributed by atoms with E-state index >= 15 is 0 Å². The molecule has 0 N–H and O–H groups in total. The Morgan fingerprint density at radius 2 is 1.81 bits per heavy atom. The van der Waals surface area contributed by atoms with E-state index in [2.05, 4.69) is 47.1 Å². The molecule has 0 unspecified atom stereocenters. The Balaban J connectivity index is 1.38. The first kappa shape index (κ1) is 23.7. The van der Waals surface area contributed by atoms with Crippen LogP contribution in [0.1, 0.15) is 23.9 Å². The Morgan fingerprint density at radius 1 is 1.03 bits per heavy atom. The lowest BCUT2D eigenvalue weighted by Gasteiger charge is -2.35. The standard InChI is InChI=1S/C28H29FN6O/c1-3-21-6-7-22(17-20(21)2)25-19-35(24-10-8-23(29)9-11-24)27(31-25)18-28(36)34-15-13-33(14-16-34)26-5-4-12-30-32-26/h4-12,17,19H,3,13-16,18H2,1-2H3. The van der Waals surface area contributed by atoms with Gasteiger partial charge < -0.3 is 14.4 Å². The summed E-state index contributed by atoms with van der Waals surface area (Å²) < 4.78 is 15.5. The third-order valence-corrected chi connectivity index (χ3v) is 6.73. The fraction of sp³-hybridized carbons (Fsp3) is 0.286.